The third kappa shape index (κ3) is 3.68. The Bertz CT molecular complexity index is 363. The SMILES string of the molecule is O=C(O)C1CCC(C(=O)N2CCCN(CCO)CC2)O1. The number of β-amino-alcohol motifs (C(OH)–C–C–N with tert-alkyl or cyclic N) is 1. The van der Waals surface area contributed by atoms with Gasteiger partial charge in [-0.25, -0.2) is 4.79 Å². The van der Waals surface area contributed by atoms with E-state index in [4.69, 9.17) is 14.9 Å². The molecule has 0 saturated carbocycles. The molecule has 2 aliphatic rings. The molecule has 0 aromatic heterocycles. The van der Waals surface area contributed by atoms with Crippen LogP contribution in [-0.2, 0) is 14.3 Å². The van der Waals surface area contributed by atoms with Crippen molar-refractivity contribution in [3.63, 3.8) is 0 Å². The molecule has 2 unspecified atom stereocenters. The van der Waals surface area contributed by atoms with Gasteiger partial charge in [0.25, 0.3) is 5.91 Å². The summed E-state index contributed by atoms with van der Waals surface area (Å²) in [7, 11) is 0. The van der Waals surface area contributed by atoms with E-state index in [1.165, 1.54) is 0 Å². The van der Waals surface area contributed by atoms with Crippen molar-refractivity contribution in [2.24, 2.45) is 0 Å². The van der Waals surface area contributed by atoms with Gasteiger partial charge in [-0.2, -0.15) is 0 Å². The molecule has 0 spiro atoms. The predicted octanol–water partition coefficient (Wildman–Crippen LogP) is -0.855. The van der Waals surface area contributed by atoms with Crippen LogP contribution in [0.2, 0.25) is 0 Å². The summed E-state index contributed by atoms with van der Waals surface area (Å²) in [6.07, 6.45) is 0.284. The standard InChI is InChI=1S/C13H22N2O5/c16-9-8-14-4-1-5-15(7-6-14)12(17)10-2-3-11(20-10)13(18)19/h10-11,16H,1-9H2,(H,18,19). The molecule has 20 heavy (non-hydrogen) atoms. The molecule has 114 valence electrons. The van der Waals surface area contributed by atoms with Gasteiger partial charge in [0.15, 0.2) is 6.10 Å². The average Bonchev–Trinajstić information content (AvgIpc) is 2.80. The highest BCUT2D eigenvalue weighted by Crippen LogP contribution is 2.22. The van der Waals surface area contributed by atoms with Crippen LogP contribution >= 0.6 is 0 Å². The normalized spacial score (nSPS) is 28.4. The molecule has 0 radical (unpaired) electrons. The van der Waals surface area contributed by atoms with Gasteiger partial charge in [-0.1, -0.05) is 0 Å². The molecular formula is C13H22N2O5. The Morgan fingerprint density at radius 2 is 1.85 bits per heavy atom. The lowest BCUT2D eigenvalue weighted by Gasteiger charge is -2.24. The molecule has 2 fully saturated rings. The number of hydrogen-bond donors (Lipinski definition) is 2. The molecule has 2 heterocycles. The summed E-state index contributed by atoms with van der Waals surface area (Å²) >= 11 is 0. The second kappa shape index (κ2) is 7.01. The maximum Gasteiger partial charge on any atom is 0.332 e. The van der Waals surface area contributed by atoms with Crippen molar-refractivity contribution in [1.29, 1.82) is 0 Å². The molecule has 1 amide bonds. The van der Waals surface area contributed by atoms with E-state index in [9.17, 15) is 9.59 Å². The van der Waals surface area contributed by atoms with Crippen molar-refractivity contribution in [2.75, 3.05) is 39.3 Å². The minimum atomic E-state index is -0.995. The number of carboxylic acid groups (broad SMARTS) is 1. The summed E-state index contributed by atoms with van der Waals surface area (Å²) < 4.78 is 5.31. The first kappa shape index (κ1) is 15.2. The van der Waals surface area contributed by atoms with Crippen LogP contribution in [-0.4, -0.2) is 83.4 Å². The van der Waals surface area contributed by atoms with E-state index >= 15 is 0 Å². The lowest BCUT2D eigenvalue weighted by atomic mass is 10.2. The van der Waals surface area contributed by atoms with Gasteiger partial charge in [-0.15, -0.1) is 0 Å². The first-order valence-corrected chi connectivity index (χ1v) is 7.12. The van der Waals surface area contributed by atoms with Gasteiger partial charge >= 0.3 is 5.97 Å². The number of hydrogen-bond acceptors (Lipinski definition) is 5. The molecule has 2 aliphatic heterocycles. The van der Waals surface area contributed by atoms with Crippen LogP contribution in [0.3, 0.4) is 0 Å². The van der Waals surface area contributed by atoms with Crippen molar-refractivity contribution in [3.05, 3.63) is 0 Å². The first-order valence-electron chi connectivity index (χ1n) is 7.12. The van der Waals surface area contributed by atoms with Gasteiger partial charge in [0, 0.05) is 26.2 Å². The van der Waals surface area contributed by atoms with Crippen LogP contribution in [0, 0.1) is 0 Å². The fourth-order valence-corrected chi connectivity index (χ4v) is 2.76. The maximum atomic E-state index is 12.3. The molecule has 7 heteroatoms. The number of nitrogens with zero attached hydrogens (tertiary/aromatic N) is 2. The van der Waals surface area contributed by atoms with Crippen molar-refractivity contribution in [3.8, 4) is 0 Å². The third-order valence-electron chi connectivity index (χ3n) is 3.89. The maximum absolute atomic E-state index is 12.3. The Morgan fingerprint density at radius 1 is 1.10 bits per heavy atom. The number of aliphatic hydroxyl groups is 1. The van der Waals surface area contributed by atoms with E-state index in [1.54, 1.807) is 4.90 Å². The van der Waals surface area contributed by atoms with E-state index in [2.05, 4.69) is 4.90 Å². The number of carboxylic acids is 1. The average molecular weight is 286 g/mol. The zero-order valence-corrected chi connectivity index (χ0v) is 11.5. The molecule has 7 nitrogen and oxygen atoms in total. The van der Waals surface area contributed by atoms with Crippen molar-refractivity contribution >= 4 is 11.9 Å². The number of rotatable bonds is 4. The Labute approximate surface area is 118 Å². The van der Waals surface area contributed by atoms with Crippen molar-refractivity contribution in [2.45, 2.75) is 31.5 Å². The van der Waals surface area contributed by atoms with Crippen molar-refractivity contribution < 1.29 is 24.5 Å². The van der Waals surface area contributed by atoms with Gasteiger partial charge in [-0.05, 0) is 25.8 Å². The summed E-state index contributed by atoms with van der Waals surface area (Å²) in [4.78, 5) is 27.0. The fraction of sp³-hybridized carbons (Fsp3) is 0.846. The zero-order chi connectivity index (χ0) is 14.5. The highest BCUT2D eigenvalue weighted by atomic mass is 16.5. The number of aliphatic carboxylic acids is 1. The molecule has 0 bridgehead atoms. The molecule has 2 N–H and O–H groups in total. The van der Waals surface area contributed by atoms with Crippen LogP contribution in [0.4, 0.5) is 0 Å². The summed E-state index contributed by atoms with van der Waals surface area (Å²) in [5.41, 5.74) is 0. The minimum absolute atomic E-state index is 0.0976. The highest BCUT2D eigenvalue weighted by molar-refractivity contribution is 5.82. The van der Waals surface area contributed by atoms with Gasteiger partial charge in [-0.3, -0.25) is 9.69 Å². The van der Waals surface area contributed by atoms with E-state index < -0.39 is 18.2 Å². The molecule has 2 atom stereocenters. The summed E-state index contributed by atoms with van der Waals surface area (Å²) in [5, 5.41) is 17.8. The van der Waals surface area contributed by atoms with Gasteiger partial charge in [0.05, 0.1) is 6.61 Å². The van der Waals surface area contributed by atoms with Crippen LogP contribution in [0.25, 0.3) is 0 Å². The number of amides is 1. The summed E-state index contributed by atoms with van der Waals surface area (Å²) in [5.74, 6) is -1.09. The minimum Gasteiger partial charge on any atom is -0.479 e. The summed E-state index contributed by atoms with van der Waals surface area (Å²) in [6.45, 7) is 3.63. The van der Waals surface area contributed by atoms with Crippen LogP contribution < -0.4 is 0 Å². The predicted molar refractivity (Wildman–Crippen MR) is 70.3 cm³/mol. The van der Waals surface area contributed by atoms with Crippen molar-refractivity contribution in [1.82, 2.24) is 9.80 Å². The molecule has 0 aliphatic carbocycles. The lowest BCUT2D eigenvalue weighted by molar-refractivity contribution is -0.154. The molecule has 2 saturated heterocycles. The van der Waals surface area contributed by atoms with Gasteiger partial charge in [0.1, 0.15) is 6.10 Å². The Kier molecular flexibility index (Phi) is 5.33. The van der Waals surface area contributed by atoms with Gasteiger partial charge in [0.2, 0.25) is 0 Å². The second-order valence-electron chi connectivity index (χ2n) is 5.27. The Hall–Kier alpha value is -1.18. The largest absolute Gasteiger partial charge is 0.479 e. The lowest BCUT2D eigenvalue weighted by Crippen LogP contribution is -2.42. The van der Waals surface area contributed by atoms with Crippen LogP contribution in [0.5, 0.6) is 0 Å². The van der Waals surface area contributed by atoms with E-state index in [0.29, 0.717) is 32.5 Å². The number of aliphatic hydroxyl groups excluding tert-OH is 1. The van der Waals surface area contributed by atoms with Gasteiger partial charge < -0.3 is 19.8 Å². The van der Waals surface area contributed by atoms with E-state index in [0.717, 1.165) is 19.5 Å². The summed E-state index contributed by atoms with van der Waals surface area (Å²) in [6, 6.07) is 0. The fourth-order valence-electron chi connectivity index (χ4n) is 2.76. The molecule has 2 rings (SSSR count). The Balaban J connectivity index is 1.85. The van der Waals surface area contributed by atoms with Crippen LogP contribution in [0.15, 0.2) is 0 Å². The number of carbonyl (C=O) groups is 2. The second-order valence-corrected chi connectivity index (χ2v) is 5.27. The monoisotopic (exact) mass is 286 g/mol. The molecular weight excluding hydrogens is 264 g/mol. The van der Waals surface area contributed by atoms with E-state index in [-0.39, 0.29) is 12.5 Å². The smallest absolute Gasteiger partial charge is 0.332 e. The third-order valence-corrected chi connectivity index (χ3v) is 3.89. The topological polar surface area (TPSA) is 90.3 Å². The number of ether oxygens (including phenoxy) is 1. The Morgan fingerprint density at radius 3 is 2.50 bits per heavy atom. The quantitative estimate of drug-likeness (QED) is 0.699. The van der Waals surface area contributed by atoms with Crippen LogP contribution in [0.1, 0.15) is 19.3 Å². The highest BCUT2D eigenvalue weighted by Gasteiger charge is 2.37. The molecule has 0 aromatic rings. The van der Waals surface area contributed by atoms with E-state index in [1.807, 2.05) is 0 Å². The molecule has 0 aromatic carbocycles. The number of carbonyl (C=O) groups excluding carboxylic acids is 1. The zero-order valence-electron chi connectivity index (χ0n) is 11.5. The first-order chi connectivity index (χ1) is 9.61.